The van der Waals surface area contributed by atoms with Crippen LogP contribution in [0.2, 0.25) is 0 Å². The Morgan fingerprint density at radius 2 is 1.50 bits per heavy atom. The lowest BCUT2D eigenvalue weighted by Gasteiger charge is -2.29. The van der Waals surface area contributed by atoms with Gasteiger partial charge in [0.25, 0.3) is 0 Å². The average molecular weight is 431 g/mol. The van der Waals surface area contributed by atoms with Crippen molar-refractivity contribution >= 4 is 39.7 Å². The Hall–Kier alpha value is -1.94. The lowest BCUT2D eigenvalue weighted by atomic mass is 10.2. The van der Waals surface area contributed by atoms with Gasteiger partial charge in [0.1, 0.15) is 5.69 Å². The van der Waals surface area contributed by atoms with Gasteiger partial charge >= 0.3 is 10.2 Å². The second-order valence-corrected chi connectivity index (χ2v) is 8.20. The fourth-order valence-corrected chi connectivity index (χ4v) is 5.24. The van der Waals surface area contributed by atoms with Crippen molar-refractivity contribution in [2.24, 2.45) is 0 Å². The molecule has 2 aromatic rings. The van der Waals surface area contributed by atoms with Gasteiger partial charge in [-0.1, -0.05) is 18.2 Å². The standard InChI is InChI=1S/C18H20F2N4O2S.ClH/c19-14-4-3-5-15(20)18(14)24-17-7-2-1-6-16(17)23(27(24,25)26)13-12-22-10-8-21-9-11-22;/h1-7,21H,8-13H2;1H. The summed E-state index contributed by atoms with van der Waals surface area (Å²) in [5, 5.41) is 3.25. The number of para-hydroxylation sites is 3. The topological polar surface area (TPSA) is 55.9 Å². The van der Waals surface area contributed by atoms with Gasteiger partial charge in [-0.25, -0.2) is 17.4 Å². The highest BCUT2D eigenvalue weighted by Crippen LogP contribution is 2.46. The Morgan fingerprint density at radius 3 is 2.14 bits per heavy atom. The van der Waals surface area contributed by atoms with Gasteiger partial charge in [0, 0.05) is 39.3 Å². The largest absolute Gasteiger partial charge is 0.331 e. The number of rotatable bonds is 4. The van der Waals surface area contributed by atoms with E-state index in [1.165, 1.54) is 10.4 Å². The van der Waals surface area contributed by atoms with Crippen LogP contribution in [0.4, 0.5) is 25.8 Å². The third-order valence-electron chi connectivity index (χ3n) is 4.85. The van der Waals surface area contributed by atoms with Crippen molar-refractivity contribution in [2.45, 2.75) is 0 Å². The summed E-state index contributed by atoms with van der Waals surface area (Å²) in [5.74, 6) is -1.84. The molecule has 0 aliphatic carbocycles. The Balaban J connectivity index is 0.00000225. The molecule has 0 unspecified atom stereocenters. The molecule has 6 nitrogen and oxygen atoms in total. The molecule has 0 aromatic heterocycles. The van der Waals surface area contributed by atoms with E-state index in [0.717, 1.165) is 42.6 Å². The average Bonchev–Trinajstić information content (AvgIpc) is 2.88. The molecule has 10 heteroatoms. The van der Waals surface area contributed by atoms with E-state index < -0.39 is 27.5 Å². The van der Waals surface area contributed by atoms with Crippen LogP contribution in [0.1, 0.15) is 0 Å². The summed E-state index contributed by atoms with van der Waals surface area (Å²) >= 11 is 0. The number of nitrogens with one attached hydrogen (secondary N) is 1. The van der Waals surface area contributed by atoms with Crippen LogP contribution < -0.4 is 13.9 Å². The zero-order valence-electron chi connectivity index (χ0n) is 15.0. The van der Waals surface area contributed by atoms with E-state index in [2.05, 4.69) is 10.2 Å². The summed E-state index contributed by atoms with van der Waals surface area (Å²) in [4.78, 5) is 2.17. The van der Waals surface area contributed by atoms with Crippen molar-refractivity contribution in [3.05, 3.63) is 54.1 Å². The van der Waals surface area contributed by atoms with E-state index in [9.17, 15) is 17.2 Å². The van der Waals surface area contributed by atoms with E-state index in [0.29, 0.717) is 12.2 Å². The fraction of sp³-hybridized carbons (Fsp3) is 0.333. The van der Waals surface area contributed by atoms with E-state index >= 15 is 0 Å². The van der Waals surface area contributed by atoms with Crippen LogP contribution in [0.3, 0.4) is 0 Å². The smallest absolute Gasteiger partial charge is 0.314 e. The Morgan fingerprint density at radius 1 is 0.893 bits per heavy atom. The van der Waals surface area contributed by atoms with Gasteiger partial charge in [-0.2, -0.15) is 8.42 Å². The molecule has 0 spiro atoms. The minimum atomic E-state index is -4.14. The summed E-state index contributed by atoms with van der Waals surface area (Å²) in [6.45, 7) is 4.14. The zero-order valence-corrected chi connectivity index (χ0v) is 16.6. The molecule has 1 N–H and O–H groups in total. The molecular weight excluding hydrogens is 410 g/mol. The molecule has 2 aromatic carbocycles. The second kappa shape index (κ2) is 8.20. The van der Waals surface area contributed by atoms with Gasteiger partial charge in [0.15, 0.2) is 11.6 Å². The number of hydrogen-bond donors (Lipinski definition) is 1. The first-order valence-corrected chi connectivity index (χ1v) is 10.2. The second-order valence-electron chi connectivity index (χ2n) is 6.49. The van der Waals surface area contributed by atoms with E-state index in [-0.39, 0.29) is 24.6 Å². The number of hydrogen-bond acceptors (Lipinski definition) is 4. The highest BCUT2D eigenvalue weighted by atomic mass is 35.5. The number of piperazine rings is 1. The third kappa shape index (κ3) is 3.55. The molecule has 2 aliphatic rings. The molecule has 0 bridgehead atoms. The van der Waals surface area contributed by atoms with Crippen molar-refractivity contribution in [1.29, 1.82) is 0 Å². The van der Waals surface area contributed by atoms with Crippen LogP contribution in [0.25, 0.3) is 0 Å². The molecule has 152 valence electrons. The van der Waals surface area contributed by atoms with Gasteiger partial charge in [-0.05, 0) is 24.3 Å². The van der Waals surface area contributed by atoms with Gasteiger partial charge in [-0.15, -0.1) is 12.4 Å². The maximum atomic E-state index is 14.4. The molecule has 2 aliphatic heterocycles. The molecule has 0 amide bonds. The molecule has 0 radical (unpaired) electrons. The molecule has 28 heavy (non-hydrogen) atoms. The summed E-state index contributed by atoms with van der Waals surface area (Å²) in [6.07, 6.45) is 0. The first kappa shape index (κ1) is 20.8. The number of nitrogens with zero attached hydrogens (tertiary/aromatic N) is 3. The molecule has 0 atom stereocenters. The maximum absolute atomic E-state index is 14.4. The number of anilines is 3. The van der Waals surface area contributed by atoms with Crippen LogP contribution in [-0.2, 0) is 10.2 Å². The van der Waals surface area contributed by atoms with Gasteiger partial charge in [-0.3, -0.25) is 4.90 Å². The number of fused-ring (bicyclic) bond motifs is 1. The Labute approximate surface area is 169 Å². The Bertz CT molecular complexity index is 934. The minimum absolute atomic E-state index is 0. The van der Waals surface area contributed by atoms with E-state index in [4.69, 9.17) is 0 Å². The van der Waals surface area contributed by atoms with Crippen molar-refractivity contribution in [3.63, 3.8) is 0 Å². The van der Waals surface area contributed by atoms with Crippen molar-refractivity contribution < 1.29 is 17.2 Å². The van der Waals surface area contributed by atoms with E-state index in [1.54, 1.807) is 24.3 Å². The van der Waals surface area contributed by atoms with Crippen molar-refractivity contribution in [3.8, 4) is 0 Å². The monoisotopic (exact) mass is 430 g/mol. The first-order valence-electron chi connectivity index (χ1n) is 8.79. The summed E-state index contributed by atoms with van der Waals surface area (Å²) in [5.41, 5.74) is 0.103. The zero-order chi connectivity index (χ0) is 19.0. The molecule has 4 rings (SSSR count). The highest BCUT2D eigenvalue weighted by Gasteiger charge is 2.43. The summed E-state index contributed by atoms with van der Waals surface area (Å²) in [6, 6.07) is 9.91. The van der Waals surface area contributed by atoms with Gasteiger partial charge in [0.2, 0.25) is 0 Å². The third-order valence-corrected chi connectivity index (χ3v) is 6.63. The summed E-state index contributed by atoms with van der Waals surface area (Å²) < 4.78 is 57.2. The Kier molecular flexibility index (Phi) is 6.09. The van der Waals surface area contributed by atoms with Crippen molar-refractivity contribution in [1.82, 2.24) is 10.2 Å². The lowest BCUT2D eigenvalue weighted by molar-refractivity contribution is 0.248. The predicted octanol–water partition coefficient (Wildman–Crippen LogP) is 2.49. The molecule has 2 heterocycles. The maximum Gasteiger partial charge on any atom is 0.331 e. The van der Waals surface area contributed by atoms with Crippen LogP contribution >= 0.6 is 12.4 Å². The molecule has 0 saturated carbocycles. The highest BCUT2D eigenvalue weighted by molar-refractivity contribution is 7.95. The normalized spacial score (nSPS) is 18.6. The van der Waals surface area contributed by atoms with Gasteiger partial charge in [0.05, 0.1) is 11.4 Å². The molecule has 1 fully saturated rings. The molecule has 1 saturated heterocycles. The summed E-state index contributed by atoms with van der Waals surface area (Å²) in [7, 11) is -4.14. The van der Waals surface area contributed by atoms with Gasteiger partial charge < -0.3 is 5.32 Å². The first-order chi connectivity index (χ1) is 13.0. The minimum Gasteiger partial charge on any atom is -0.314 e. The van der Waals surface area contributed by atoms with Crippen molar-refractivity contribution in [2.75, 3.05) is 47.9 Å². The fourth-order valence-electron chi connectivity index (χ4n) is 3.52. The van der Waals surface area contributed by atoms with Crippen LogP contribution in [0.5, 0.6) is 0 Å². The van der Waals surface area contributed by atoms with E-state index in [1.807, 2.05) is 0 Å². The predicted molar refractivity (Wildman–Crippen MR) is 108 cm³/mol. The number of benzene rings is 2. The van der Waals surface area contributed by atoms with Crippen LogP contribution in [-0.4, -0.2) is 52.6 Å². The lowest BCUT2D eigenvalue weighted by Crippen LogP contribution is -2.47. The molecular formula is C18H21ClF2N4O2S. The number of halogens is 3. The quantitative estimate of drug-likeness (QED) is 0.809. The SMILES string of the molecule is Cl.O=S1(=O)N(CCN2CCNCC2)c2ccccc2N1c1c(F)cccc1F. The van der Waals surface area contributed by atoms with Crippen LogP contribution in [0, 0.1) is 11.6 Å². The van der Waals surface area contributed by atoms with Crippen LogP contribution in [0.15, 0.2) is 42.5 Å².